The van der Waals surface area contributed by atoms with Gasteiger partial charge >= 0.3 is 15.6 Å². The van der Waals surface area contributed by atoms with Crippen molar-refractivity contribution in [1.82, 2.24) is 9.80 Å². The summed E-state index contributed by atoms with van der Waals surface area (Å²) in [7, 11) is -3.67. The SMILES string of the molecule is CN1CCC(c2ccc(OS(=O)(=O)C(F)(F)F)c3c2C[C@H](N(Cc2ccccc2)Cc2ccccc2)CC3)CC1. The first-order valence-corrected chi connectivity index (χ1v) is 15.2. The first-order chi connectivity index (χ1) is 19.1. The number of hydrogen-bond acceptors (Lipinski definition) is 5. The summed E-state index contributed by atoms with van der Waals surface area (Å²) in [6.45, 7) is 3.35. The van der Waals surface area contributed by atoms with Crippen LogP contribution < -0.4 is 4.18 Å². The van der Waals surface area contributed by atoms with E-state index < -0.39 is 15.6 Å². The maximum absolute atomic E-state index is 13.2. The number of nitrogens with zero attached hydrogens (tertiary/aromatic N) is 2. The molecule has 0 amide bonds. The molecule has 1 aliphatic heterocycles. The number of piperidine rings is 1. The van der Waals surface area contributed by atoms with Crippen LogP contribution in [0.4, 0.5) is 13.2 Å². The van der Waals surface area contributed by atoms with Gasteiger partial charge in [0.2, 0.25) is 0 Å². The van der Waals surface area contributed by atoms with E-state index in [9.17, 15) is 21.6 Å². The molecule has 214 valence electrons. The standard InChI is InChI=1S/C31H35F3N2O3S/c1-35-18-16-25(17-19-35)27-14-15-30(39-40(37,38)31(32,33)34)28-13-12-26(20-29(27)28)36(21-23-8-4-2-5-9-23)22-24-10-6-3-7-11-24/h2-11,14-15,25-26H,12-13,16-22H2,1H3/t26-/m1/s1. The summed E-state index contributed by atoms with van der Waals surface area (Å²) in [5.41, 5.74) is -0.442. The van der Waals surface area contributed by atoms with Crippen LogP contribution in [0.3, 0.4) is 0 Å². The molecule has 2 aliphatic rings. The normalized spacial score (nSPS) is 19.0. The number of hydrogen-bond donors (Lipinski definition) is 0. The molecular weight excluding hydrogens is 537 g/mol. The van der Waals surface area contributed by atoms with E-state index in [0.29, 0.717) is 24.8 Å². The zero-order valence-electron chi connectivity index (χ0n) is 22.6. The predicted molar refractivity (Wildman–Crippen MR) is 149 cm³/mol. The van der Waals surface area contributed by atoms with E-state index in [1.165, 1.54) is 17.2 Å². The van der Waals surface area contributed by atoms with Gasteiger partial charge in [0.25, 0.3) is 0 Å². The van der Waals surface area contributed by atoms with Crippen molar-refractivity contribution < 1.29 is 25.8 Å². The fourth-order valence-corrected chi connectivity index (χ4v) is 6.55. The van der Waals surface area contributed by atoms with Crippen molar-refractivity contribution in [3.8, 4) is 5.75 Å². The molecule has 5 nitrogen and oxygen atoms in total. The first kappa shape index (κ1) is 28.6. The Kier molecular flexibility index (Phi) is 8.54. The van der Waals surface area contributed by atoms with E-state index in [-0.39, 0.29) is 17.7 Å². The lowest BCUT2D eigenvalue weighted by molar-refractivity contribution is -0.0500. The molecule has 3 aromatic rings. The van der Waals surface area contributed by atoms with Crippen molar-refractivity contribution in [2.24, 2.45) is 0 Å². The smallest absolute Gasteiger partial charge is 0.376 e. The summed E-state index contributed by atoms with van der Waals surface area (Å²) in [6, 6.07) is 23.9. The van der Waals surface area contributed by atoms with Gasteiger partial charge in [-0.3, -0.25) is 4.90 Å². The van der Waals surface area contributed by atoms with Crippen LogP contribution in [0.25, 0.3) is 0 Å². The molecular formula is C31H35F3N2O3S. The van der Waals surface area contributed by atoms with Gasteiger partial charge in [0.15, 0.2) is 0 Å². The Bertz CT molecular complexity index is 1350. The van der Waals surface area contributed by atoms with Gasteiger partial charge in [-0.15, -0.1) is 0 Å². The molecule has 1 aliphatic carbocycles. The number of halogens is 3. The number of rotatable bonds is 8. The number of likely N-dealkylation sites (tertiary alicyclic amines) is 1. The Morgan fingerprint density at radius 2 is 1.43 bits per heavy atom. The number of fused-ring (bicyclic) bond motifs is 1. The second kappa shape index (κ2) is 11.9. The Hall–Kier alpha value is -2.88. The van der Waals surface area contributed by atoms with E-state index in [4.69, 9.17) is 4.18 Å². The van der Waals surface area contributed by atoms with Crippen LogP contribution in [0.5, 0.6) is 5.75 Å². The molecule has 0 N–H and O–H groups in total. The molecule has 40 heavy (non-hydrogen) atoms. The van der Waals surface area contributed by atoms with E-state index in [2.05, 4.69) is 41.1 Å². The van der Waals surface area contributed by atoms with Crippen molar-refractivity contribution in [3.63, 3.8) is 0 Å². The second-order valence-corrected chi connectivity index (χ2v) is 12.5. The van der Waals surface area contributed by atoms with Gasteiger partial charge in [0.1, 0.15) is 5.75 Å². The van der Waals surface area contributed by atoms with Crippen LogP contribution in [-0.2, 0) is 36.0 Å². The summed E-state index contributed by atoms with van der Waals surface area (Å²) in [4.78, 5) is 4.71. The lowest BCUT2D eigenvalue weighted by Crippen LogP contribution is -2.39. The van der Waals surface area contributed by atoms with Crippen molar-refractivity contribution in [3.05, 3.63) is 101 Å². The van der Waals surface area contributed by atoms with E-state index in [0.717, 1.165) is 50.1 Å². The molecule has 1 atom stereocenters. The van der Waals surface area contributed by atoms with E-state index >= 15 is 0 Å². The Balaban J connectivity index is 1.50. The van der Waals surface area contributed by atoms with Gasteiger partial charge in [-0.1, -0.05) is 66.7 Å². The van der Waals surface area contributed by atoms with E-state index in [1.54, 1.807) is 6.07 Å². The first-order valence-electron chi connectivity index (χ1n) is 13.8. The molecule has 0 unspecified atom stereocenters. The maximum atomic E-state index is 13.2. The minimum atomic E-state index is -5.76. The summed E-state index contributed by atoms with van der Waals surface area (Å²) < 4.78 is 68.3. The zero-order chi connectivity index (χ0) is 28.3. The molecule has 0 radical (unpaired) electrons. The third kappa shape index (κ3) is 6.53. The molecule has 3 aromatic carbocycles. The summed E-state index contributed by atoms with van der Waals surface area (Å²) in [5.74, 6) is 0.0776. The van der Waals surface area contributed by atoms with Crippen molar-refractivity contribution in [2.75, 3.05) is 20.1 Å². The second-order valence-electron chi connectivity index (χ2n) is 10.9. The van der Waals surface area contributed by atoms with Gasteiger partial charge in [0.05, 0.1) is 0 Å². The molecule has 0 spiro atoms. The monoisotopic (exact) mass is 572 g/mol. The topological polar surface area (TPSA) is 49.9 Å². The Morgan fingerprint density at radius 3 is 1.98 bits per heavy atom. The van der Waals surface area contributed by atoms with Gasteiger partial charge in [-0.25, -0.2) is 0 Å². The molecule has 0 bridgehead atoms. The number of alkyl halides is 3. The van der Waals surface area contributed by atoms with Crippen molar-refractivity contribution >= 4 is 10.1 Å². The quantitative estimate of drug-likeness (QED) is 0.235. The molecule has 1 saturated heterocycles. The summed E-state index contributed by atoms with van der Waals surface area (Å²) >= 11 is 0. The fourth-order valence-electron chi connectivity index (χ4n) is 6.06. The van der Waals surface area contributed by atoms with E-state index in [1.807, 2.05) is 36.4 Å². The van der Waals surface area contributed by atoms with Crippen LogP contribution in [-0.4, -0.2) is 49.9 Å². The van der Waals surface area contributed by atoms with Gasteiger partial charge in [-0.2, -0.15) is 21.6 Å². The Morgan fingerprint density at radius 1 is 0.850 bits per heavy atom. The average molecular weight is 573 g/mol. The van der Waals surface area contributed by atoms with Gasteiger partial charge in [0, 0.05) is 19.1 Å². The van der Waals surface area contributed by atoms with Crippen LogP contribution in [0.2, 0.25) is 0 Å². The van der Waals surface area contributed by atoms with Crippen LogP contribution >= 0.6 is 0 Å². The zero-order valence-corrected chi connectivity index (χ0v) is 23.4. The predicted octanol–water partition coefficient (Wildman–Crippen LogP) is 6.28. The summed E-state index contributed by atoms with van der Waals surface area (Å²) in [5, 5.41) is 0. The highest BCUT2D eigenvalue weighted by Crippen LogP contribution is 2.41. The van der Waals surface area contributed by atoms with Crippen LogP contribution in [0.15, 0.2) is 72.8 Å². The minimum absolute atomic E-state index is 0.132. The molecule has 1 fully saturated rings. The lowest BCUT2D eigenvalue weighted by Gasteiger charge is -2.38. The highest BCUT2D eigenvalue weighted by atomic mass is 32.2. The molecule has 5 rings (SSSR count). The minimum Gasteiger partial charge on any atom is -0.376 e. The average Bonchev–Trinajstić information content (AvgIpc) is 2.93. The third-order valence-corrected chi connectivity index (χ3v) is 9.17. The van der Waals surface area contributed by atoms with Crippen LogP contribution in [0, 0.1) is 0 Å². The van der Waals surface area contributed by atoms with Crippen LogP contribution in [0.1, 0.15) is 53.0 Å². The fraction of sp³-hybridized carbons (Fsp3) is 0.419. The third-order valence-electron chi connectivity index (χ3n) is 8.21. The summed E-state index contributed by atoms with van der Waals surface area (Å²) in [6.07, 6.45) is 3.66. The van der Waals surface area contributed by atoms with Crippen molar-refractivity contribution in [1.29, 1.82) is 0 Å². The van der Waals surface area contributed by atoms with Gasteiger partial charge < -0.3 is 9.08 Å². The van der Waals surface area contributed by atoms with Crippen molar-refractivity contribution in [2.45, 2.75) is 62.7 Å². The molecule has 0 saturated carbocycles. The Labute approximate surface area is 234 Å². The lowest BCUT2D eigenvalue weighted by atomic mass is 9.78. The molecule has 0 aromatic heterocycles. The maximum Gasteiger partial charge on any atom is 0.534 e. The highest BCUT2D eigenvalue weighted by Gasteiger charge is 2.49. The molecule has 1 heterocycles. The molecule has 9 heteroatoms. The number of benzene rings is 3. The largest absolute Gasteiger partial charge is 0.534 e. The highest BCUT2D eigenvalue weighted by molar-refractivity contribution is 7.88. The van der Waals surface area contributed by atoms with Gasteiger partial charge in [-0.05, 0) is 92.0 Å².